The van der Waals surface area contributed by atoms with Crippen molar-refractivity contribution in [2.45, 2.75) is 38.6 Å². The van der Waals surface area contributed by atoms with E-state index in [1.165, 1.54) is 63.1 Å². The van der Waals surface area contributed by atoms with E-state index >= 15 is 0 Å². The Bertz CT molecular complexity index is 385. The minimum atomic E-state index is 0.814. The Morgan fingerprint density at radius 1 is 1.11 bits per heavy atom. The van der Waals surface area contributed by atoms with Crippen molar-refractivity contribution >= 4 is 5.69 Å². The van der Waals surface area contributed by atoms with Gasteiger partial charge in [-0.3, -0.25) is 4.90 Å². The Morgan fingerprint density at radius 3 is 2.72 bits per heavy atom. The molecule has 1 aromatic carbocycles. The van der Waals surface area contributed by atoms with Gasteiger partial charge in [0.25, 0.3) is 0 Å². The van der Waals surface area contributed by atoms with Crippen LogP contribution in [0.25, 0.3) is 0 Å². The average Bonchev–Trinajstić information content (AvgIpc) is 2.87. The molecule has 0 spiro atoms. The fourth-order valence-electron chi connectivity index (χ4n) is 3.39. The first-order valence-electron chi connectivity index (χ1n) is 7.45. The number of hydrogen-bond donors (Lipinski definition) is 0. The zero-order valence-corrected chi connectivity index (χ0v) is 11.4. The highest BCUT2D eigenvalue weighted by molar-refractivity contribution is 5.48. The number of nitrogens with zero attached hydrogens (tertiary/aromatic N) is 2. The van der Waals surface area contributed by atoms with E-state index in [4.69, 9.17) is 0 Å². The minimum Gasteiger partial charge on any atom is -0.369 e. The van der Waals surface area contributed by atoms with Crippen LogP contribution in [0.15, 0.2) is 24.3 Å². The standard InChI is InChI=1S/C16H24N2/c1-2-4-14-6-8-15(9-7-14)18-12-11-17-10-3-5-16(17)13-18/h6-9,16H,2-5,10-13H2,1H3. The molecule has 2 heterocycles. The van der Waals surface area contributed by atoms with Crippen molar-refractivity contribution in [1.29, 1.82) is 0 Å². The fraction of sp³-hybridized carbons (Fsp3) is 0.625. The lowest BCUT2D eigenvalue weighted by Crippen LogP contribution is -2.50. The van der Waals surface area contributed by atoms with Crippen LogP contribution < -0.4 is 4.90 Å². The SMILES string of the molecule is CCCc1ccc(N2CCN3CCCC3C2)cc1. The first kappa shape index (κ1) is 12.0. The smallest absolute Gasteiger partial charge is 0.0367 e. The summed E-state index contributed by atoms with van der Waals surface area (Å²) in [6.45, 7) is 7.25. The number of piperazine rings is 1. The Labute approximate surface area is 111 Å². The van der Waals surface area contributed by atoms with E-state index in [0.29, 0.717) is 0 Å². The lowest BCUT2D eigenvalue weighted by Gasteiger charge is -2.38. The van der Waals surface area contributed by atoms with E-state index in [1.54, 1.807) is 0 Å². The topological polar surface area (TPSA) is 6.48 Å². The molecule has 2 saturated heterocycles. The molecule has 18 heavy (non-hydrogen) atoms. The molecule has 0 aromatic heterocycles. The molecule has 2 nitrogen and oxygen atoms in total. The molecule has 1 atom stereocenters. The second kappa shape index (κ2) is 5.31. The third kappa shape index (κ3) is 2.39. The summed E-state index contributed by atoms with van der Waals surface area (Å²) in [6, 6.07) is 10.1. The Hall–Kier alpha value is -1.02. The van der Waals surface area contributed by atoms with E-state index in [2.05, 4.69) is 41.0 Å². The molecule has 3 rings (SSSR count). The van der Waals surface area contributed by atoms with Crippen molar-refractivity contribution in [1.82, 2.24) is 4.90 Å². The maximum absolute atomic E-state index is 2.67. The Morgan fingerprint density at radius 2 is 1.94 bits per heavy atom. The Balaban J connectivity index is 1.67. The molecule has 2 fully saturated rings. The normalized spacial score (nSPS) is 24.3. The van der Waals surface area contributed by atoms with Crippen LogP contribution in [-0.2, 0) is 6.42 Å². The van der Waals surface area contributed by atoms with Crippen LogP contribution in [0.5, 0.6) is 0 Å². The van der Waals surface area contributed by atoms with Gasteiger partial charge >= 0.3 is 0 Å². The van der Waals surface area contributed by atoms with Gasteiger partial charge in [0, 0.05) is 31.4 Å². The lowest BCUT2D eigenvalue weighted by atomic mass is 10.1. The Kier molecular flexibility index (Phi) is 3.55. The maximum Gasteiger partial charge on any atom is 0.0367 e. The zero-order chi connectivity index (χ0) is 12.4. The van der Waals surface area contributed by atoms with Gasteiger partial charge in [-0.05, 0) is 43.5 Å². The van der Waals surface area contributed by atoms with E-state index < -0.39 is 0 Å². The van der Waals surface area contributed by atoms with Crippen LogP contribution in [0.2, 0.25) is 0 Å². The van der Waals surface area contributed by atoms with Gasteiger partial charge in [0.05, 0.1) is 0 Å². The molecule has 0 bridgehead atoms. The molecular formula is C16H24N2. The number of fused-ring (bicyclic) bond motifs is 1. The van der Waals surface area contributed by atoms with E-state index in [-0.39, 0.29) is 0 Å². The zero-order valence-electron chi connectivity index (χ0n) is 11.4. The van der Waals surface area contributed by atoms with Gasteiger partial charge in [-0.2, -0.15) is 0 Å². The van der Waals surface area contributed by atoms with Crippen LogP contribution in [0.4, 0.5) is 5.69 Å². The summed E-state index contributed by atoms with van der Waals surface area (Å²) in [5, 5.41) is 0. The van der Waals surface area contributed by atoms with Crippen molar-refractivity contribution in [3.05, 3.63) is 29.8 Å². The van der Waals surface area contributed by atoms with Crippen LogP contribution in [-0.4, -0.2) is 37.1 Å². The van der Waals surface area contributed by atoms with Gasteiger partial charge < -0.3 is 4.90 Å². The summed E-state index contributed by atoms with van der Waals surface area (Å²) in [5.41, 5.74) is 2.89. The van der Waals surface area contributed by atoms with Crippen LogP contribution in [0.3, 0.4) is 0 Å². The number of benzene rings is 1. The molecule has 0 saturated carbocycles. The monoisotopic (exact) mass is 244 g/mol. The van der Waals surface area contributed by atoms with Crippen LogP contribution in [0, 0.1) is 0 Å². The first-order chi connectivity index (χ1) is 8.86. The van der Waals surface area contributed by atoms with E-state index in [1.807, 2.05) is 0 Å². The highest BCUT2D eigenvalue weighted by atomic mass is 15.3. The summed E-state index contributed by atoms with van der Waals surface area (Å²) in [5.74, 6) is 0. The maximum atomic E-state index is 2.67. The fourth-order valence-corrected chi connectivity index (χ4v) is 3.39. The lowest BCUT2D eigenvalue weighted by molar-refractivity contribution is 0.231. The molecule has 1 aromatic rings. The van der Waals surface area contributed by atoms with Crippen molar-refractivity contribution < 1.29 is 0 Å². The van der Waals surface area contributed by atoms with E-state index in [0.717, 1.165) is 6.04 Å². The summed E-state index contributed by atoms with van der Waals surface area (Å²) in [7, 11) is 0. The highest BCUT2D eigenvalue weighted by Gasteiger charge is 2.30. The van der Waals surface area contributed by atoms with E-state index in [9.17, 15) is 0 Å². The van der Waals surface area contributed by atoms with Gasteiger partial charge in [-0.25, -0.2) is 0 Å². The first-order valence-corrected chi connectivity index (χ1v) is 7.45. The largest absolute Gasteiger partial charge is 0.369 e. The quantitative estimate of drug-likeness (QED) is 0.806. The van der Waals surface area contributed by atoms with Gasteiger partial charge in [0.2, 0.25) is 0 Å². The molecule has 0 amide bonds. The van der Waals surface area contributed by atoms with Gasteiger partial charge in [-0.15, -0.1) is 0 Å². The molecule has 98 valence electrons. The number of rotatable bonds is 3. The predicted octanol–water partition coefficient (Wildman–Crippen LogP) is 2.92. The summed E-state index contributed by atoms with van der Waals surface area (Å²) < 4.78 is 0. The van der Waals surface area contributed by atoms with Crippen LogP contribution >= 0.6 is 0 Å². The van der Waals surface area contributed by atoms with Crippen molar-refractivity contribution in [2.75, 3.05) is 31.1 Å². The third-order valence-corrected chi connectivity index (χ3v) is 4.43. The van der Waals surface area contributed by atoms with Gasteiger partial charge in [-0.1, -0.05) is 25.5 Å². The summed E-state index contributed by atoms with van der Waals surface area (Å²) in [6.07, 6.45) is 5.23. The highest BCUT2D eigenvalue weighted by Crippen LogP contribution is 2.25. The third-order valence-electron chi connectivity index (χ3n) is 4.43. The number of aryl methyl sites for hydroxylation is 1. The second-order valence-corrected chi connectivity index (χ2v) is 5.69. The molecule has 0 aliphatic carbocycles. The molecule has 1 unspecified atom stereocenters. The molecule has 0 radical (unpaired) electrons. The van der Waals surface area contributed by atoms with Crippen molar-refractivity contribution in [3.8, 4) is 0 Å². The number of hydrogen-bond acceptors (Lipinski definition) is 2. The predicted molar refractivity (Wildman–Crippen MR) is 77.2 cm³/mol. The molecule has 0 N–H and O–H groups in total. The molecule has 2 aliphatic heterocycles. The average molecular weight is 244 g/mol. The molecule has 2 aliphatic rings. The number of anilines is 1. The van der Waals surface area contributed by atoms with Crippen LogP contribution in [0.1, 0.15) is 31.7 Å². The minimum absolute atomic E-state index is 0.814. The summed E-state index contributed by atoms with van der Waals surface area (Å²) in [4.78, 5) is 5.24. The summed E-state index contributed by atoms with van der Waals surface area (Å²) >= 11 is 0. The molecule has 2 heteroatoms. The van der Waals surface area contributed by atoms with Gasteiger partial charge in [0.15, 0.2) is 0 Å². The molecular weight excluding hydrogens is 220 g/mol. The van der Waals surface area contributed by atoms with Gasteiger partial charge in [0.1, 0.15) is 0 Å². The van der Waals surface area contributed by atoms with Crippen molar-refractivity contribution in [3.63, 3.8) is 0 Å². The van der Waals surface area contributed by atoms with Crippen molar-refractivity contribution in [2.24, 2.45) is 0 Å². The second-order valence-electron chi connectivity index (χ2n) is 5.69.